The van der Waals surface area contributed by atoms with Crippen molar-refractivity contribution in [1.82, 2.24) is 20.2 Å². The average Bonchev–Trinajstić information content (AvgIpc) is 2.82. The van der Waals surface area contributed by atoms with Gasteiger partial charge in [0.05, 0.1) is 17.3 Å². The molecule has 110 valence electrons. The Balaban J connectivity index is 1.57. The van der Waals surface area contributed by atoms with Crippen molar-refractivity contribution in [3.63, 3.8) is 0 Å². The molecule has 1 aliphatic heterocycles. The first-order valence-electron chi connectivity index (χ1n) is 7.53. The van der Waals surface area contributed by atoms with Crippen LogP contribution in [-0.4, -0.2) is 28.6 Å². The van der Waals surface area contributed by atoms with Crippen LogP contribution in [0.1, 0.15) is 19.4 Å². The molecule has 1 amide bonds. The minimum atomic E-state index is -0.412. The van der Waals surface area contributed by atoms with E-state index < -0.39 is 5.54 Å². The summed E-state index contributed by atoms with van der Waals surface area (Å²) in [4.78, 5) is 12.5. The highest BCUT2D eigenvalue weighted by Gasteiger charge is 2.57. The van der Waals surface area contributed by atoms with Gasteiger partial charge in [-0.05, 0) is 50.9 Å². The Bertz CT molecular complexity index is 695. The van der Waals surface area contributed by atoms with E-state index in [1.165, 1.54) is 0 Å². The van der Waals surface area contributed by atoms with Gasteiger partial charge in [0, 0.05) is 17.7 Å². The Kier molecular flexibility index (Phi) is 2.63. The number of carbonyl (C=O) groups excluding carboxylic acids is 1. The van der Waals surface area contributed by atoms with E-state index >= 15 is 0 Å². The monoisotopic (exact) mass is 284 g/mol. The normalized spacial score (nSPS) is 27.6. The second-order valence-electron chi connectivity index (χ2n) is 6.71. The predicted molar refractivity (Wildman–Crippen MR) is 79.7 cm³/mol. The van der Waals surface area contributed by atoms with Crippen LogP contribution in [0.2, 0.25) is 0 Å². The van der Waals surface area contributed by atoms with Crippen molar-refractivity contribution in [3.8, 4) is 0 Å². The van der Waals surface area contributed by atoms with Crippen molar-refractivity contribution in [2.45, 2.75) is 19.4 Å². The zero-order chi connectivity index (χ0) is 14.6. The summed E-state index contributed by atoms with van der Waals surface area (Å²) in [6.45, 7) is 6.07. The molecular formula is C16H20N4O. The van der Waals surface area contributed by atoms with Crippen LogP contribution in [0, 0.1) is 17.8 Å². The SMILES string of the molecule is CC(C)(NC(=O)C1C2CNC[C@H]21)c1cnn2ccccc12. The quantitative estimate of drug-likeness (QED) is 0.889. The van der Waals surface area contributed by atoms with E-state index in [9.17, 15) is 4.79 Å². The van der Waals surface area contributed by atoms with Crippen LogP contribution in [0.4, 0.5) is 0 Å². The lowest BCUT2D eigenvalue weighted by molar-refractivity contribution is -0.124. The smallest absolute Gasteiger partial charge is 0.224 e. The van der Waals surface area contributed by atoms with Gasteiger partial charge in [0.25, 0.3) is 0 Å². The van der Waals surface area contributed by atoms with Crippen LogP contribution in [-0.2, 0) is 10.3 Å². The predicted octanol–water partition coefficient (Wildman–Crippen LogP) is 1.15. The lowest BCUT2D eigenvalue weighted by Gasteiger charge is -2.26. The molecule has 0 radical (unpaired) electrons. The molecule has 0 bridgehead atoms. The van der Waals surface area contributed by atoms with Crippen LogP contribution in [0.15, 0.2) is 30.6 Å². The number of nitrogens with zero attached hydrogens (tertiary/aromatic N) is 2. The maximum absolute atomic E-state index is 12.5. The zero-order valence-electron chi connectivity index (χ0n) is 12.3. The number of fused-ring (bicyclic) bond motifs is 2. The van der Waals surface area contributed by atoms with E-state index in [1.54, 1.807) is 0 Å². The summed E-state index contributed by atoms with van der Waals surface area (Å²) in [5.41, 5.74) is 1.69. The second-order valence-corrected chi connectivity index (χ2v) is 6.71. The summed E-state index contributed by atoms with van der Waals surface area (Å²) >= 11 is 0. The summed E-state index contributed by atoms with van der Waals surface area (Å²) in [6.07, 6.45) is 3.78. The third-order valence-corrected chi connectivity index (χ3v) is 4.93. The number of hydrogen-bond acceptors (Lipinski definition) is 3. The van der Waals surface area contributed by atoms with E-state index in [0.29, 0.717) is 11.8 Å². The van der Waals surface area contributed by atoms with Gasteiger partial charge in [0.1, 0.15) is 0 Å². The fraction of sp³-hybridized carbons (Fsp3) is 0.500. The summed E-state index contributed by atoms with van der Waals surface area (Å²) < 4.78 is 1.85. The number of nitrogens with one attached hydrogen (secondary N) is 2. The first-order chi connectivity index (χ1) is 10.1. The fourth-order valence-electron chi connectivity index (χ4n) is 3.68. The van der Waals surface area contributed by atoms with Crippen molar-refractivity contribution < 1.29 is 4.79 Å². The van der Waals surface area contributed by atoms with Gasteiger partial charge in [-0.15, -0.1) is 0 Å². The Hall–Kier alpha value is -1.88. The van der Waals surface area contributed by atoms with Gasteiger partial charge in [-0.2, -0.15) is 5.10 Å². The molecule has 0 aromatic carbocycles. The topological polar surface area (TPSA) is 58.4 Å². The lowest BCUT2D eigenvalue weighted by atomic mass is 9.95. The largest absolute Gasteiger partial charge is 0.347 e. The molecule has 2 aliphatic rings. The molecule has 1 saturated heterocycles. The van der Waals surface area contributed by atoms with Gasteiger partial charge in [0.15, 0.2) is 0 Å². The highest BCUT2D eigenvalue weighted by atomic mass is 16.2. The zero-order valence-corrected chi connectivity index (χ0v) is 12.3. The van der Waals surface area contributed by atoms with Gasteiger partial charge < -0.3 is 10.6 Å². The number of piperidine rings is 1. The van der Waals surface area contributed by atoms with Crippen LogP contribution in [0.3, 0.4) is 0 Å². The van der Waals surface area contributed by atoms with Gasteiger partial charge in [0.2, 0.25) is 5.91 Å². The molecule has 1 aliphatic carbocycles. The standard InChI is InChI=1S/C16H20N4O/c1-16(2,12-9-18-20-6-4-3-5-13(12)20)19-15(21)14-10-7-17-8-11(10)14/h3-6,9-11,14,17H,7-8H2,1-2H3,(H,19,21)/t10-,11?,14?/m1/s1. The van der Waals surface area contributed by atoms with Gasteiger partial charge in [-0.25, -0.2) is 4.52 Å². The van der Waals surface area contributed by atoms with Gasteiger partial charge in [-0.3, -0.25) is 4.79 Å². The highest BCUT2D eigenvalue weighted by molar-refractivity contribution is 5.83. The number of aromatic nitrogens is 2. The molecule has 2 aromatic heterocycles. The fourth-order valence-corrected chi connectivity index (χ4v) is 3.68. The third kappa shape index (κ3) is 1.95. The molecule has 2 aromatic rings. The van der Waals surface area contributed by atoms with Crippen LogP contribution >= 0.6 is 0 Å². The number of amides is 1. The molecule has 5 heteroatoms. The minimum Gasteiger partial charge on any atom is -0.347 e. The molecule has 3 atom stereocenters. The van der Waals surface area contributed by atoms with Crippen molar-refractivity contribution in [1.29, 1.82) is 0 Å². The lowest BCUT2D eigenvalue weighted by Crippen LogP contribution is -2.43. The van der Waals surface area contributed by atoms with Crippen LogP contribution in [0.5, 0.6) is 0 Å². The number of rotatable bonds is 3. The number of hydrogen-bond donors (Lipinski definition) is 2. The van der Waals surface area contributed by atoms with E-state index in [1.807, 2.05) is 49.0 Å². The molecule has 3 heterocycles. The van der Waals surface area contributed by atoms with Crippen molar-refractivity contribution in [3.05, 3.63) is 36.2 Å². The molecule has 0 spiro atoms. The Morgan fingerprint density at radius 3 is 2.90 bits per heavy atom. The van der Waals surface area contributed by atoms with Crippen LogP contribution in [0.25, 0.3) is 5.52 Å². The Labute approximate surface area is 123 Å². The molecule has 2 fully saturated rings. The molecule has 21 heavy (non-hydrogen) atoms. The molecule has 5 nitrogen and oxygen atoms in total. The van der Waals surface area contributed by atoms with E-state index in [4.69, 9.17) is 0 Å². The maximum atomic E-state index is 12.5. The van der Waals surface area contributed by atoms with Gasteiger partial charge in [-0.1, -0.05) is 6.07 Å². The van der Waals surface area contributed by atoms with E-state index in [-0.39, 0.29) is 11.8 Å². The Morgan fingerprint density at radius 2 is 2.14 bits per heavy atom. The van der Waals surface area contributed by atoms with Crippen LogP contribution < -0.4 is 10.6 Å². The molecule has 2 N–H and O–H groups in total. The van der Waals surface area contributed by atoms with E-state index in [0.717, 1.165) is 24.2 Å². The van der Waals surface area contributed by atoms with Crippen molar-refractivity contribution in [2.75, 3.05) is 13.1 Å². The van der Waals surface area contributed by atoms with E-state index in [2.05, 4.69) is 15.7 Å². The molecular weight excluding hydrogens is 264 g/mol. The number of pyridine rings is 1. The van der Waals surface area contributed by atoms with Crippen molar-refractivity contribution >= 4 is 11.4 Å². The second kappa shape index (κ2) is 4.31. The molecule has 2 unspecified atom stereocenters. The minimum absolute atomic E-state index is 0.187. The summed E-state index contributed by atoms with van der Waals surface area (Å²) in [5, 5.41) is 10.9. The molecule has 1 saturated carbocycles. The summed E-state index contributed by atoms with van der Waals surface area (Å²) in [5.74, 6) is 1.48. The summed E-state index contributed by atoms with van der Waals surface area (Å²) in [6, 6.07) is 5.98. The average molecular weight is 284 g/mol. The van der Waals surface area contributed by atoms with Crippen molar-refractivity contribution in [2.24, 2.45) is 17.8 Å². The first kappa shape index (κ1) is 12.8. The van der Waals surface area contributed by atoms with Gasteiger partial charge >= 0.3 is 0 Å². The summed E-state index contributed by atoms with van der Waals surface area (Å²) in [7, 11) is 0. The number of carbonyl (C=O) groups is 1. The highest BCUT2D eigenvalue weighted by Crippen LogP contribution is 2.49. The maximum Gasteiger partial charge on any atom is 0.224 e. The molecule has 4 rings (SSSR count). The third-order valence-electron chi connectivity index (χ3n) is 4.93. The first-order valence-corrected chi connectivity index (χ1v) is 7.53. The Morgan fingerprint density at radius 1 is 1.38 bits per heavy atom.